The van der Waals surface area contributed by atoms with Crippen molar-refractivity contribution < 1.29 is 4.79 Å². The van der Waals surface area contributed by atoms with Crippen molar-refractivity contribution in [2.24, 2.45) is 0 Å². The zero-order chi connectivity index (χ0) is 17.6. The van der Waals surface area contributed by atoms with Crippen LogP contribution in [0.4, 0.5) is 5.69 Å². The number of para-hydroxylation sites is 1. The first kappa shape index (κ1) is 17.5. The van der Waals surface area contributed by atoms with Gasteiger partial charge in [0, 0.05) is 30.4 Å². The van der Waals surface area contributed by atoms with Gasteiger partial charge in [0.2, 0.25) is 0 Å². The highest BCUT2D eigenvalue weighted by Gasteiger charge is 2.16. The molecule has 1 heterocycles. The van der Waals surface area contributed by atoms with E-state index in [-0.39, 0.29) is 11.9 Å². The standard InChI is InChI=1S/C22H28N2O/c1-3-7-17(2)23-22(25)20-13-11-18(12-14-20)16-24-15-6-9-19-8-4-5-10-21(19)24/h4-5,8,10-14,17H,3,6-7,9,15-16H2,1-2H3,(H,23,25). The molecule has 0 aromatic heterocycles. The van der Waals surface area contributed by atoms with Gasteiger partial charge < -0.3 is 10.2 Å². The predicted octanol–water partition coefficient (Wildman–Crippen LogP) is 4.56. The summed E-state index contributed by atoms with van der Waals surface area (Å²) in [5, 5.41) is 3.06. The minimum atomic E-state index is 0.0239. The quantitative estimate of drug-likeness (QED) is 0.839. The summed E-state index contributed by atoms with van der Waals surface area (Å²) in [6.45, 7) is 6.18. The number of nitrogens with zero attached hydrogens (tertiary/aromatic N) is 1. The van der Waals surface area contributed by atoms with Crippen molar-refractivity contribution in [2.45, 2.75) is 52.1 Å². The summed E-state index contributed by atoms with van der Waals surface area (Å²) in [6, 6.07) is 16.9. The van der Waals surface area contributed by atoms with Crippen molar-refractivity contribution in [3.63, 3.8) is 0 Å². The highest BCUT2D eigenvalue weighted by atomic mass is 16.1. The molecular weight excluding hydrogens is 308 g/mol. The van der Waals surface area contributed by atoms with Crippen molar-refractivity contribution in [3.05, 3.63) is 65.2 Å². The number of nitrogens with one attached hydrogen (secondary N) is 1. The maximum absolute atomic E-state index is 12.3. The van der Waals surface area contributed by atoms with Crippen LogP contribution in [-0.4, -0.2) is 18.5 Å². The lowest BCUT2D eigenvalue weighted by Gasteiger charge is -2.31. The zero-order valence-corrected chi connectivity index (χ0v) is 15.3. The van der Waals surface area contributed by atoms with E-state index in [2.05, 4.69) is 60.5 Å². The van der Waals surface area contributed by atoms with E-state index in [1.165, 1.54) is 29.7 Å². The summed E-state index contributed by atoms with van der Waals surface area (Å²) in [5.74, 6) is 0.0239. The first-order chi connectivity index (χ1) is 12.2. The lowest BCUT2D eigenvalue weighted by Crippen LogP contribution is -2.32. The SMILES string of the molecule is CCCC(C)NC(=O)c1ccc(CN2CCCc3ccccc32)cc1. The van der Waals surface area contributed by atoms with Crippen molar-refractivity contribution in [3.8, 4) is 0 Å². The number of carbonyl (C=O) groups is 1. The molecule has 3 rings (SSSR count). The average Bonchev–Trinajstić information content (AvgIpc) is 2.63. The minimum absolute atomic E-state index is 0.0239. The molecule has 1 atom stereocenters. The molecule has 2 aromatic carbocycles. The van der Waals surface area contributed by atoms with Crippen molar-refractivity contribution in [1.29, 1.82) is 0 Å². The topological polar surface area (TPSA) is 32.3 Å². The number of rotatable bonds is 6. The summed E-state index contributed by atoms with van der Waals surface area (Å²) in [7, 11) is 0. The molecule has 0 saturated heterocycles. The smallest absolute Gasteiger partial charge is 0.251 e. The Labute approximate surface area is 151 Å². The zero-order valence-electron chi connectivity index (χ0n) is 15.3. The highest BCUT2D eigenvalue weighted by Crippen LogP contribution is 2.28. The van der Waals surface area contributed by atoms with Crippen LogP contribution in [0.1, 0.15) is 54.6 Å². The van der Waals surface area contributed by atoms with Crippen LogP contribution in [-0.2, 0) is 13.0 Å². The van der Waals surface area contributed by atoms with E-state index in [1.54, 1.807) is 0 Å². The molecule has 0 bridgehead atoms. The number of amides is 1. The molecule has 0 aliphatic carbocycles. The van der Waals surface area contributed by atoms with E-state index >= 15 is 0 Å². The van der Waals surface area contributed by atoms with Crippen LogP contribution in [0, 0.1) is 0 Å². The van der Waals surface area contributed by atoms with Crippen LogP contribution in [0.25, 0.3) is 0 Å². The van der Waals surface area contributed by atoms with Gasteiger partial charge in [-0.1, -0.05) is 43.7 Å². The molecule has 1 amide bonds. The molecule has 1 N–H and O–H groups in total. The third-order valence-corrected chi connectivity index (χ3v) is 4.90. The second-order valence-electron chi connectivity index (χ2n) is 7.01. The number of carbonyl (C=O) groups excluding carboxylic acids is 1. The van der Waals surface area contributed by atoms with Crippen LogP contribution < -0.4 is 10.2 Å². The van der Waals surface area contributed by atoms with Gasteiger partial charge in [-0.2, -0.15) is 0 Å². The largest absolute Gasteiger partial charge is 0.367 e. The molecule has 0 saturated carbocycles. The Morgan fingerprint density at radius 2 is 1.92 bits per heavy atom. The molecule has 25 heavy (non-hydrogen) atoms. The summed E-state index contributed by atoms with van der Waals surface area (Å²) in [6.07, 6.45) is 4.46. The second-order valence-corrected chi connectivity index (χ2v) is 7.01. The molecule has 1 unspecified atom stereocenters. The monoisotopic (exact) mass is 336 g/mol. The van der Waals surface area contributed by atoms with E-state index in [9.17, 15) is 4.79 Å². The maximum atomic E-state index is 12.3. The molecule has 0 spiro atoms. The van der Waals surface area contributed by atoms with E-state index in [0.29, 0.717) is 0 Å². The Morgan fingerprint density at radius 1 is 1.16 bits per heavy atom. The minimum Gasteiger partial charge on any atom is -0.367 e. The van der Waals surface area contributed by atoms with Gasteiger partial charge in [0.05, 0.1) is 0 Å². The number of hydrogen-bond acceptors (Lipinski definition) is 2. The lowest BCUT2D eigenvalue weighted by molar-refractivity contribution is 0.0938. The third-order valence-electron chi connectivity index (χ3n) is 4.90. The number of anilines is 1. The van der Waals surface area contributed by atoms with Crippen LogP contribution in [0.15, 0.2) is 48.5 Å². The average molecular weight is 336 g/mol. The Morgan fingerprint density at radius 3 is 2.68 bits per heavy atom. The molecule has 3 nitrogen and oxygen atoms in total. The third kappa shape index (κ3) is 4.41. The molecule has 2 aromatic rings. The highest BCUT2D eigenvalue weighted by molar-refractivity contribution is 5.94. The Kier molecular flexibility index (Phi) is 5.75. The molecular formula is C22H28N2O. The van der Waals surface area contributed by atoms with Gasteiger partial charge in [0.15, 0.2) is 0 Å². The first-order valence-corrected chi connectivity index (χ1v) is 9.40. The molecule has 0 radical (unpaired) electrons. The second kappa shape index (κ2) is 8.19. The molecule has 3 heteroatoms. The van der Waals surface area contributed by atoms with Gasteiger partial charge in [-0.05, 0) is 55.5 Å². The Hall–Kier alpha value is -2.29. The van der Waals surface area contributed by atoms with E-state index < -0.39 is 0 Å². The van der Waals surface area contributed by atoms with Gasteiger partial charge >= 0.3 is 0 Å². The van der Waals surface area contributed by atoms with Crippen LogP contribution in [0.3, 0.4) is 0 Å². The van der Waals surface area contributed by atoms with E-state index in [4.69, 9.17) is 0 Å². The fourth-order valence-electron chi connectivity index (χ4n) is 3.57. The number of aryl methyl sites for hydroxylation is 1. The number of hydrogen-bond donors (Lipinski definition) is 1. The van der Waals surface area contributed by atoms with Gasteiger partial charge in [0.25, 0.3) is 5.91 Å². The normalized spacial score (nSPS) is 14.7. The molecule has 132 valence electrons. The fraction of sp³-hybridized carbons (Fsp3) is 0.409. The first-order valence-electron chi connectivity index (χ1n) is 9.40. The summed E-state index contributed by atoms with van der Waals surface area (Å²) >= 11 is 0. The Bertz CT molecular complexity index is 708. The van der Waals surface area contributed by atoms with Gasteiger partial charge in [-0.25, -0.2) is 0 Å². The van der Waals surface area contributed by atoms with Gasteiger partial charge in [-0.3, -0.25) is 4.79 Å². The predicted molar refractivity (Wildman–Crippen MR) is 104 cm³/mol. The van der Waals surface area contributed by atoms with E-state index in [0.717, 1.165) is 31.5 Å². The molecule has 1 aliphatic rings. The maximum Gasteiger partial charge on any atom is 0.251 e. The van der Waals surface area contributed by atoms with Crippen molar-refractivity contribution in [1.82, 2.24) is 5.32 Å². The van der Waals surface area contributed by atoms with Gasteiger partial charge in [0.1, 0.15) is 0 Å². The van der Waals surface area contributed by atoms with E-state index in [1.807, 2.05) is 12.1 Å². The summed E-state index contributed by atoms with van der Waals surface area (Å²) < 4.78 is 0. The lowest BCUT2D eigenvalue weighted by atomic mass is 10.0. The Balaban J connectivity index is 1.65. The number of benzene rings is 2. The van der Waals surface area contributed by atoms with Crippen molar-refractivity contribution in [2.75, 3.05) is 11.4 Å². The van der Waals surface area contributed by atoms with Crippen LogP contribution in [0.2, 0.25) is 0 Å². The number of fused-ring (bicyclic) bond motifs is 1. The summed E-state index contributed by atoms with van der Waals surface area (Å²) in [5.41, 5.74) is 4.78. The van der Waals surface area contributed by atoms with Crippen molar-refractivity contribution >= 4 is 11.6 Å². The summed E-state index contributed by atoms with van der Waals surface area (Å²) in [4.78, 5) is 14.7. The van der Waals surface area contributed by atoms with Crippen LogP contribution in [0.5, 0.6) is 0 Å². The van der Waals surface area contributed by atoms with Crippen LogP contribution >= 0.6 is 0 Å². The van der Waals surface area contributed by atoms with Gasteiger partial charge in [-0.15, -0.1) is 0 Å². The fourth-order valence-corrected chi connectivity index (χ4v) is 3.57. The molecule has 1 aliphatic heterocycles. The molecule has 0 fully saturated rings.